The third kappa shape index (κ3) is 6.24. The van der Waals surface area contributed by atoms with Crippen LogP contribution in [0.2, 0.25) is 0 Å². The van der Waals surface area contributed by atoms with Gasteiger partial charge >= 0.3 is 0 Å². The first kappa shape index (κ1) is 24.4. The second kappa shape index (κ2) is 11.6. The molecule has 0 fully saturated rings. The van der Waals surface area contributed by atoms with Gasteiger partial charge in [-0.3, -0.25) is 4.79 Å². The second-order valence-electron chi connectivity index (χ2n) is 8.17. The average Bonchev–Trinajstić information content (AvgIpc) is 2.93. The fourth-order valence-electron chi connectivity index (χ4n) is 3.66. The Morgan fingerprint density at radius 1 is 0.806 bits per heavy atom. The lowest BCUT2D eigenvalue weighted by Gasteiger charge is -2.12. The number of nitrogens with one attached hydrogen (secondary N) is 2. The number of nitrogen functional groups attached to an aromatic ring is 1. The molecule has 1 amide bonds. The summed E-state index contributed by atoms with van der Waals surface area (Å²) >= 11 is 0. The summed E-state index contributed by atoms with van der Waals surface area (Å²) in [6, 6.07) is 28.7. The monoisotopic (exact) mass is 479 g/mol. The van der Waals surface area contributed by atoms with Crippen molar-refractivity contribution in [3.63, 3.8) is 0 Å². The molecule has 0 saturated carbocycles. The predicted molar refractivity (Wildman–Crippen MR) is 147 cm³/mol. The topological polar surface area (TPSA) is 85.6 Å². The van der Waals surface area contributed by atoms with Crippen molar-refractivity contribution in [3.05, 3.63) is 113 Å². The van der Waals surface area contributed by atoms with Gasteiger partial charge in [-0.25, -0.2) is 0 Å². The van der Waals surface area contributed by atoms with E-state index in [-0.39, 0.29) is 5.91 Å². The number of amides is 1. The minimum Gasteiger partial charge on any atom is -0.493 e. The van der Waals surface area contributed by atoms with E-state index in [1.54, 1.807) is 32.4 Å². The molecule has 6 heteroatoms. The number of benzene rings is 4. The molecule has 0 atom stereocenters. The molecule has 0 aliphatic heterocycles. The van der Waals surface area contributed by atoms with Crippen LogP contribution in [0.5, 0.6) is 11.5 Å². The highest BCUT2D eigenvalue weighted by molar-refractivity contribution is 6.06. The number of hydrogen-bond donors (Lipinski definition) is 3. The molecule has 4 aromatic carbocycles. The van der Waals surface area contributed by atoms with Gasteiger partial charge in [-0.05, 0) is 53.1 Å². The van der Waals surface area contributed by atoms with Crippen LogP contribution in [0.1, 0.15) is 27.0 Å². The number of carbonyl (C=O) groups excluding carboxylic acids is 1. The summed E-state index contributed by atoms with van der Waals surface area (Å²) in [4.78, 5) is 12.9. The highest BCUT2D eigenvalue weighted by atomic mass is 16.5. The second-order valence-corrected chi connectivity index (χ2v) is 8.17. The van der Waals surface area contributed by atoms with Crippen LogP contribution in [0.25, 0.3) is 12.2 Å². The molecule has 6 nitrogen and oxygen atoms in total. The molecular weight excluding hydrogens is 450 g/mol. The molecular formula is C30H29N3O3. The Labute approximate surface area is 211 Å². The Bertz CT molecular complexity index is 1350. The summed E-state index contributed by atoms with van der Waals surface area (Å²) in [5, 5.41) is 6.28. The van der Waals surface area contributed by atoms with E-state index in [0.29, 0.717) is 35.0 Å². The van der Waals surface area contributed by atoms with Crippen LogP contribution in [-0.4, -0.2) is 20.1 Å². The van der Waals surface area contributed by atoms with Crippen LogP contribution in [0.15, 0.2) is 91.0 Å². The van der Waals surface area contributed by atoms with Gasteiger partial charge in [0, 0.05) is 23.9 Å². The summed E-state index contributed by atoms with van der Waals surface area (Å²) < 4.78 is 10.6. The van der Waals surface area contributed by atoms with Gasteiger partial charge in [0.1, 0.15) is 0 Å². The van der Waals surface area contributed by atoms with Crippen LogP contribution < -0.4 is 25.8 Å². The maximum Gasteiger partial charge on any atom is 0.255 e. The molecule has 0 aromatic heterocycles. The molecule has 0 unspecified atom stereocenters. The van der Waals surface area contributed by atoms with Gasteiger partial charge in [0.15, 0.2) is 11.5 Å². The first-order chi connectivity index (χ1) is 17.6. The zero-order chi connectivity index (χ0) is 25.3. The Morgan fingerprint density at radius 2 is 1.53 bits per heavy atom. The molecule has 4 N–H and O–H groups in total. The van der Waals surface area contributed by atoms with Gasteiger partial charge < -0.3 is 25.8 Å². The SMILES string of the molecule is COc1ccc(NCc2ccc(C(=O)Nc3cc(C=Cc4ccccc4)ccc3N)cc2)cc1OC. The molecule has 0 heterocycles. The van der Waals surface area contributed by atoms with Crippen LogP contribution in [0.4, 0.5) is 17.1 Å². The molecule has 4 aromatic rings. The summed E-state index contributed by atoms with van der Waals surface area (Å²) in [5.74, 6) is 1.12. The number of rotatable bonds is 9. The van der Waals surface area contributed by atoms with Gasteiger partial charge in [-0.2, -0.15) is 0 Å². The van der Waals surface area contributed by atoms with E-state index in [0.717, 1.165) is 22.4 Å². The maximum absolute atomic E-state index is 12.9. The fraction of sp³-hybridized carbons (Fsp3) is 0.100. The van der Waals surface area contributed by atoms with Gasteiger partial charge in [0.2, 0.25) is 0 Å². The van der Waals surface area contributed by atoms with Gasteiger partial charge in [-0.1, -0.05) is 60.7 Å². The minimum atomic E-state index is -0.217. The van der Waals surface area contributed by atoms with Crippen molar-refractivity contribution in [3.8, 4) is 11.5 Å². The highest BCUT2D eigenvalue weighted by Gasteiger charge is 2.09. The average molecular weight is 480 g/mol. The molecule has 36 heavy (non-hydrogen) atoms. The lowest BCUT2D eigenvalue weighted by Crippen LogP contribution is -2.13. The number of anilines is 3. The van der Waals surface area contributed by atoms with Crippen molar-refractivity contribution in [1.29, 1.82) is 0 Å². The number of carbonyl (C=O) groups is 1. The van der Waals surface area contributed by atoms with E-state index in [1.165, 1.54) is 0 Å². The van der Waals surface area contributed by atoms with E-state index in [1.807, 2.05) is 84.9 Å². The number of methoxy groups -OCH3 is 2. The summed E-state index contributed by atoms with van der Waals surface area (Å²) in [6.45, 7) is 0.597. The maximum atomic E-state index is 12.9. The third-order valence-corrected chi connectivity index (χ3v) is 5.69. The third-order valence-electron chi connectivity index (χ3n) is 5.69. The zero-order valence-electron chi connectivity index (χ0n) is 20.3. The van der Waals surface area contributed by atoms with E-state index in [4.69, 9.17) is 15.2 Å². The van der Waals surface area contributed by atoms with Gasteiger partial charge in [0.25, 0.3) is 5.91 Å². The van der Waals surface area contributed by atoms with Crippen molar-refractivity contribution in [1.82, 2.24) is 0 Å². The number of nitrogens with two attached hydrogens (primary N) is 1. The lowest BCUT2D eigenvalue weighted by molar-refractivity contribution is 0.102. The molecule has 0 saturated heterocycles. The quantitative estimate of drug-likeness (QED) is 0.193. The lowest BCUT2D eigenvalue weighted by atomic mass is 10.1. The first-order valence-corrected chi connectivity index (χ1v) is 11.5. The smallest absolute Gasteiger partial charge is 0.255 e. The van der Waals surface area contributed by atoms with Crippen LogP contribution in [0, 0.1) is 0 Å². The molecule has 0 radical (unpaired) electrons. The zero-order valence-corrected chi connectivity index (χ0v) is 20.3. The van der Waals surface area contributed by atoms with E-state index in [9.17, 15) is 4.79 Å². The predicted octanol–water partition coefficient (Wildman–Crippen LogP) is 6.32. The van der Waals surface area contributed by atoms with Crippen molar-refractivity contribution in [2.75, 3.05) is 30.6 Å². The van der Waals surface area contributed by atoms with Crippen LogP contribution >= 0.6 is 0 Å². The number of hydrogen-bond acceptors (Lipinski definition) is 5. The molecule has 0 aliphatic rings. The molecule has 0 spiro atoms. The summed E-state index contributed by atoms with van der Waals surface area (Å²) in [6.07, 6.45) is 4.01. The Kier molecular flexibility index (Phi) is 7.88. The van der Waals surface area contributed by atoms with E-state index < -0.39 is 0 Å². The van der Waals surface area contributed by atoms with Gasteiger partial charge in [0.05, 0.1) is 25.6 Å². The Hall–Kier alpha value is -4.71. The van der Waals surface area contributed by atoms with Crippen molar-refractivity contribution in [2.45, 2.75) is 6.54 Å². The molecule has 0 bridgehead atoms. The molecule has 182 valence electrons. The van der Waals surface area contributed by atoms with Crippen molar-refractivity contribution < 1.29 is 14.3 Å². The Morgan fingerprint density at radius 3 is 2.25 bits per heavy atom. The van der Waals surface area contributed by atoms with Crippen molar-refractivity contribution in [2.24, 2.45) is 0 Å². The van der Waals surface area contributed by atoms with Crippen LogP contribution in [0.3, 0.4) is 0 Å². The van der Waals surface area contributed by atoms with Crippen LogP contribution in [-0.2, 0) is 6.54 Å². The largest absolute Gasteiger partial charge is 0.493 e. The normalized spacial score (nSPS) is 10.7. The first-order valence-electron chi connectivity index (χ1n) is 11.5. The standard InChI is InChI=1S/C30H29N3O3/c1-35-28-17-15-25(19-29(28)36-2)32-20-23-10-13-24(14-11-23)30(34)33-27-18-22(12-16-26(27)31)9-8-21-6-4-3-5-7-21/h3-19,32H,20,31H2,1-2H3,(H,33,34). The fourth-order valence-corrected chi connectivity index (χ4v) is 3.66. The van der Waals surface area contributed by atoms with E-state index >= 15 is 0 Å². The molecule has 4 rings (SSSR count). The minimum absolute atomic E-state index is 0.217. The number of ether oxygens (including phenoxy) is 2. The highest BCUT2D eigenvalue weighted by Crippen LogP contribution is 2.30. The Balaban J connectivity index is 1.38. The molecule has 0 aliphatic carbocycles. The summed E-state index contributed by atoms with van der Waals surface area (Å²) in [7, 11) is 3.22. The van der Waals surface area contributed by atoms with Crippen molar-refractivity contribution >= 4 is 35.1 Å². The van der Waals surface area contributed by atoms with E-state index in [2.05, 4.69) is 10.6 Å². The summed E-state index contributed by atoms with van der Waals surface area (Å²) in [5.41, 5.74) is 11.7. The van der Waals surface area contributed by atoms with Gasteiger partial charge in [-0.15, -0.1) is 0 Å².